The molecule has 0 aliphatic carbocycles. The van der Waals surface area contributed by atoms with E-state index in [0.717, 1.165) is 34.7 Å². The van der Waals surface area contributed by atoms with Gasteiger partial charge in [-0.2, -0.15) is 0 Å². The number of rotatable bonds is 3. The fraction of sp³-hybridized carbons (Fsp3) is 0.214. The molecular formula is C14H15N5. The third kappa shape index (κ3) is 1.98. The first kappa shape index (κ1) is 11.8. The van der Waals surface area contributed by atoms with Crippen LogP contribution in [0.3, 0.4) is 0 Å². The van der Waals surface area contributed by atoms with Gasteiger partial charge in [-0.05, 0) is 24.6 Å². The van der Waals surface area contributed by atoms with Gasteiger partial charge in [-0.1, -0.05) is 6.07 Å². The highest BCUT2D eigenvalue weighted by Gasteiger charge is 2.12. The van der Waals surface area contributed by atoms with Crippen LogP contribution in [-0.2, 0) is 13.1 Å². The van der Waals surface area contributed by atoms with Crippen LogP contribution in [0.25, 0.3) is 22.6 Å². The van der Waals surface area contributed by atoms with Gasteiger partial charge < -0.3 is 10.3 Å². The lowest BCUT2D eigenvalue weighted by Crippen LogP contribution is -1.99. The molecular weight excluding hydrogens is 238 g/mol. The quantitative estimate of drug-likeness (QED) is 0.774. The number of nitrogens with zero attached hydrogens (tertiary/aromatic N) is 4. The smallest absolute Gasteiger partial charge is 0.161 e. The lowest BCUT2D eigenvalue weighted by molar-refractivity contribution is 0.792. The predicted molar refractivity (Wildman–Crippen MR) is 74.3 cm³/mol. The van der Waals surface area contributed by atoms with E-state index in [-0.39, 0.29) is 0 Å². The molecule has 0 saturated carbocycles. The number of aromatic nitrogens is 4. The Morgan fingerprint density at radius 2 is 2.16 bits per heavy atom. The molecule has 2 aromatic heterocycles. The van der Waals surface area contributed by atoms with E-state index in [0.29, 0.717) is 6.54 Å². The van der Waals surface area contributed by atoms with Gasteiger partial charge in [-0.3, -0.25) is 4.98 Å². The van der Waals surface area contributed by atoms with Gasteiger partial charge in [0.2, 0.25) is 0 Å². The molecule has 0 atom stereocenters. The topological polar surface area (TPSA) is 69.6 Å². The van der Waals surface area contributed by atoms with Gasteiger partial charge in [0.15, 0.2) is 5.82 Å². The zero-order valence-electron chi connectivity index (χ0n) is 10.7. The summed E-state index contributed by atoms with van der Waals surface area (Å²) in [6, 6.07) is 6.13. The number of fused-ring (bicyclic) bond motifs is 1. The van der Waals surface area contributed by atoms with Crippen molar-refractivity contribution in [2.75, 3.05) is 0 Å². The van der Waals surface area contributed by atoms with Crippen molar-refractivity contribution in [1.29, 1.82) is 0 Å². The molecule has 0 radical (unpaired) electrons. The number of nitrogens with two attached hydrogens (primary N) is 1. The summed E-state index contributed by atoms with van der Waals surface area (Å²) < 4.78 is 2.14. The number of benzene rings is 1. The minimum Gasteiger partial charge on any atom is -0.326 e. The Bertz CT molecular complexity index is 702. The largest absolute Gasteiger partial charge is 0.326 e. The summed E-state index contributed by atoms with van der Waals surface area (Å²) in [6.45, 7) is 3.46. The first-order valence-corrected chi connectivity index (χ1v) is 6.29. The van der Waals surface area contributed by atoms with Crippen LogP contribution in [0.2, 0.25) is 0 Å². The standard InChI is InChI=1S/C14H15N5/c1-2-19-13-4-3-10(8-15)7-11(13)18-14(19)12-9-16-5-6-17-12/h3-7,9H,2,8,15H2,1H3. The summed E-state index contributed by atoms with van der Waals surface area (Å²) >= 11 is 0. The molecule has 5 nitrogen and oxygen atoms in total. The van der Waals surface area contributed by atoms with Crippen LogP contribution in [0.15, 0.2) is 36.8 Å². The molecule has 0 bridgehead atoms. The molecule has 3 aromatic rings. The second kappa shape index (κ2) is 4.78. The van der Waals surface area contributed by atoms with Crippen LogP contribution in [-0.4, -0.2) is 19.5 Å². The summed E-state index contributed by atoms with van der Waals surface area (Å²) in [5.74, 6) is 0.847. The first-order valence-electron chi connectivity index (χ1n) is 6.29. The number of imidazole rings is 1. The molecule has 96 valence electrons. The minimum atomic E-state index is 0.523. The monoisotopic (exact) mass is 253 g/mol. The average Bonchev–Trinajstić information content (AvgIpc) is 2.85. The van der Waals surface area contributed by atoms with Gasteiger partial charge >= 0.3 is 0 Å². The van der Waals surface area contributed by atoms with Crippen molar-refractivity contribution in [3.63, 3.8) is 0 Å². The highest BCUT2D eigenvalue weighted by molar-refractivity contribution is 5.80. The van der Waals surface area contributed by atoms with Gasteiger partial charge in [-0.15, -0.1) is 0 Å². The maximum atomic E-state index is 5.67. The van der Waals surface area contributed by atoms with E-state index in [1.165, 1.54) is 0 Å². The van der Waals surface area contributed by atoms with E-state index in [1.54, 1.807) is 18.6 Å². The molecule has 0 aliphatic heterocycles. The maximum Gasteiger partial charge on any atom is 0.161 e. The lowest BCUT2D eigenvalue weighted by Gasteiger charge is -2.04. The molecule has 1 aromatic carbocycles. The molecule has 2 N–H and O–H groups in total. The van der Waals surface area contributed by atoms with E-state index in [1.807, 2.05) is 12.1 Å². The molecule has 5 heteroatoms. The normalized spacial score (nSPS) is 11.1. The van der Waals surface area contributed by atoms with Crippen molar-refractivity contribution >= 4 is 11.0 Å². The molecule has 2 heterocycles. The molecule has 0 unspecified atom stereocenters. The Morgan fingerprint density at radius 1 is 1.26 bits per heavy atom. The van der Waals surface area contributed by atoms with Crippen molar-refractivity contribution < 1.29 is 0 Å². The molecule has 0 spiro atoms. The van der Waals surface area contributed by atoms with Gasteiger partial charge in [0.1, 0.15) is 5.69 Å². The SMILES string of the molecule is CCn1c(-c2cnccn2)nc2cc(CN)ccc21. The van der Waals surface area contributed by atoms with E-state index in [2.05, 4.69) is 32.5 Å². The molecule has 0 aliphatic rings. The van der Waals surface area contributed by atoms with Gasteiger partial charge in [0, 0.05) is 25.5 Å². The van der Waals surface area contributed by atoms with Crippen LogP contribution in [0, 0.1) is 0 Å². The summed E-state index contributed by atoms with van der Waals surface area (Å²) in [5, 5.41) is 0. The predicted octanol–water partition coefficient (Wildman–Crippen LogP) is 1.97. The zero-order valence-corrected chi connectivity index (χ0v) is 10.7. The Morgan fingerprint density at radius 3 is 2.84 bits per heavy atom. The van der Waals surface area contributed by atoms with Gasteiger partial charge in [0.25, 0.3) is 0 Å². The second-order valence-electron chi connectivity index (χ2n) is 4.30. The van der Waals surface area contributed by atoms with Crippen LogP contribution in [0.4, 0.5) is 0 Å². The molecule has 19 heavy (non-hydrogen) atoms. The number of hydrogen-bond donors (Lipinski definition) is 1. The second-order valence-corrected chi connectivity index (χ2v) is 4.30. The minimum absolute atomic E-state index is 0.523. The van der Waals surface area contributed by atoms with E-state index in [4.69, 9.17) is 5.73 Å². The zero-order chi connectivity index (χ0) is 13.2. The third-order valence-electron chi connectivity index (χ3n) is 3.16. The highest BCUT2D eigenvalue weighted by Crippen LogP contribution is 2.23. The number of hydrogen-bond acceptors (Lipinski definition) is 4. The Balaban J connectivity index is 2.25. The molecule has 0 amide bonds. The van der Waals surface area contributed by atoms with E-state index >= 15 is 0 Å². The lowest BCUT2D eigenvalue weighted by atomic mass is 10.2. The van der Waals surface area contributed by atoms with Crippen molar-refractivity contribution in [3.8, 4) is 11.5 Å². The summed E-state index contributed by atoms with van der Waals surface area (Å²) in [5.41, 5.74) is 9.59. The van der Waals surface area contributed by atoms with Crippen LogP contribution < -0.4 is 5.73 Å². The highest BCUT2D eigenvalue weighted by atomic mass is 15.1. The van der Waals surface area contributed by atoms with E-state index in [9.17, 15) is 0 Å². The third-order valence-corrected chi connectivity index (χ3v) is 3.16. The van der Waals surface area contributed by atoms with Crippen LogP contribution in [0.1, 0.15) is 12.5 Å². The summed E-state index contributed by atoms with van der Waals surface area (Å²) in [7, 11) is 0. The Kier molecular flexibility index (Phi) is 2.97. The fourth-order valence-electron chi connectivity index (χ4n) is 2.23. The van der Waals surface area contributed by atoms with Gasteiger partial charge in [-0.25, -0.2) is 9.97 Å². The molecule has 0 saturated heterocycles. The van der Waals surface area contributed by atoms with Crippen molar-refractivity contribution in [2.24, 2.45) is 5.73 Å². The van der Waals surface area contributed by atoms with Crippen LogP contribution >= 0.6 is 0 Å². The van der Waals surface area contributed by atoms with Crippen molar-refractivity contribution in [2.45, 2.75) is 20.0 Å². The van der Waals surface area contributed by atoms with Crippen molar-refractivity contribution in [1.82, 2.24) is 19.5 Å². The van der Waals surface area contributed by atoms with Crippen molar-refractivity contribution in [3.05, 3.63) is 42.4 Å². The summed E-state index contributed by atoms with van der Waals surface area (Å²) in [4.78, 5) is 13.1. The molecule has 3 rings (SSSR count). The first-order chi connectivity index (χ1) is 9.33. The van der Waals surface area contributed by atoms with Crippen LogP contribution in [0.5, 0.6) is 0 Å². The Labute approximate surface area is 111 Å². The maximum absolute atomic E-state index is 5.67. The Hall–Kier alpha value is -2.27. The summed E-state index contributed by atoms with van der Waals surface area (Å²) in [6.07, 6.45) is 5.08. The molecule has 0 fully saturated rings. The fourth-order valence-corrected chi connectivity index (χ4v) is 2.23. The number of aryl methyl sites for hydroxylation is 1. The van der Waals surface area contributed by atoms with E-state index < -0.39 is 0 Å². The average molecular weight is 253 g/mol. The van der Waals surface area contributed by atoms with Gasteiger partial charge in [0.05, 0.1) is 17.2 Å².